The predicted octanol–water partition coefficient (Wildman–Crippen LogP) is 5.48. The molecule has 0 atom stereocenters. The summed E-state index contributed by atoms with van der Waals surface area (Å²) in [4.78, 5) is 23.4. The van der Waals surface area contributed by atoms with Crippen LogP contribution in [0.5, 0.6) is 0 Å². The molecule has 6 nitrogen and oxygen atoms in total. The average Bonchev–Trinajstić information content (AvgIpc) is 3.25. The van der Waals surface area contributed by atoms with Crippen molar-refractivity contribution < 1.29 is 19.1 Å². The van der Waals surface area contributed by atoms with Crippen molar-refractivity contribution in [2.24, 2.45) is 0 Å². The van der Waals surface area contributed by atoms with Gasteiger partial charge in [-0.3, -0.25) is 0 Å². The zero-order valence-corrected chi connectivity index (χ0v) is 19.6. The fraction of sp³-hybridized carbons (Fsp3) is 0.273. The number of carbonyl (C=O) groups excluding carboxylic acids is 2. The second-order valence-electron chi connectivity index (χ2n) is 6.25. The lowest BCUT2D eigenvalue weighted by Gasteiger charge is -2.03. The van der Waals surface area contributed by atoms with Gasteiger partial charge >= 0.3 is 11.9 Å². The van der Waals surface area contributed by atoms with Crippen molar-refractivity contribution >= 4 is 46.8 Å². The fourth-order valence-corrected chi connectivity index (χ4v) is 5.44. The number of hydrogen-bond acceptors (Lipinski definition) is 9. The molecule has 0 N–H and O–H groups in total. The summed E-state index contributed by atoms with van der Waals surface area (Å²) in [7, 11) is 0. The van der Waals surface area contributed by atoms with Crippen molar-refractivity contribution in [1.29, 1.82) is 0 Å². The Bertz CT molecular complexity index is 924. The summed E-state index contributed by atoms with van der Waals surface area (Å²) in [6.07, 6.45) is 0. The molecule has 2 aromatic carbocycles. The first-order valence-electron chi connectivity index (χ1n) is 9.70. The maximum atomic E-state index is 11.7. The van der Waals surface area contributed by atoms with Crippen molar-refractivity contribution in [3.63, 3.8) is 0 Å². The summed E-state index contributed by atoms with van der Waals surface area (Å²) in [6.45, 7) is 4.32. The van der Waals surface area contributed by atoms with Gasteiger partial charge in [-0.15, -0.1) is 10.2 Å². The van der Waals surface area contributed by atoms with Crippen molar-refractivity contribution in [2.45, 2.75) is 34.0 Å². The summed E-state index contributed by atoms with van der Waals surface area (Å²) in [6, 6.07) is 14.8. The molecule has 0 saturated carbocycles. The van der Waals surface area contributed by atoms with E-state index in [0.29, 0.717) is 24.3 Å². The Labute approximate surface area is 193 Å². The van der Waals surface area contributed by atoms with Gasteiger partial charge < -0.3 is 9.47 Å². The Kier molecular flexibility index (Phi) is 8.93. The van der Waals surface area contributed by atoms with Crippen molar-refractivity contribution in [3.8, 4) is 0 Å². The molecule has 3 aromatic rings. The van der Waals surface area contributed by atoms with E-state index in [4.69, 9.17) is 9.47 Å². The van der Waals surface area contributed by atoms with E-state index in [-0.39, 0.29) is 11.9 Å². The van der Waals surface area contributed by atoms with E-state index >= 15 is 0 Å². The lowest BCUT2D eigenvalue weighted by Crippen LogP contribution is -2.04. The summed E-state index contributed by atoms with van der Waals surface area (Å²) < 4.78 is 11.8. The molecule has 0 radical (unpaired) electrons. The highest BCUT2D eigenvalue weighted by molar-refractivity contribution is 8.02. The molecule has 1 heterocycles. The lowest BCUT2D eigenvalue weighted by atomic mass is 10.1. The SMILES string of the molecule is CCOC(=O)c1ccc(CSc2nnc(SCc3ccc(C(=O)OCC)cc3)s2)cc1. The molecule has 0 aliphatic heterocycles. The normalized spacial score (nSPS) is 10.6. The molecular weight excluding hydrogens is 452 g/mol. The van der Waals surface area contributed by atoms with Gasteiger partial charge in [0.1, 0.15) is 0 Å². The van der Waals surface area contributed by atoms with Gasteiger partial charge in [0, 0.05) is 11.5 Å². The van der Waals surface area contributed by atoms with Gasteiger partial charge in [0.05, 0.1) is 24.3 Å². The first-order chi connectivity index (χ1) is 15.1. The van der Waals surface area contributed by atoms with Crippen LogP contribution in [0.25, 0.3) is 0 Å². The Morgan fingerprint density at radius 3 is 1.48 bits per heavy atom. The van der Waals surface area contributed by atoms with Crippen LogP contribution in [0.1, 0.15) is 45.7 Å². The lowest BCUT2D eigenvalue weighted by molar-refractivity contribution is 0.0516. The molecule has 1 aromatic heterocycles. The second kappa shape index (κ2) is 11.9. The largest absolute Gasteiger partial charge is 0.462 e. The van der Waals surface area contributed by atoms with Gasteiger partial charge in [-0.05, 0) is 49.2 Å². The summed E-state index contributed by atoms with van der Waals surface area (Å²) >= 11 is 4.78. The number of hydrogen-bond donors (Lipinski definition) is 0. The quantitative estimate of drug-likeness (QED) is 0.282. The van der Waals surface area contributed by atoms with Gasteiger partial charge in [-0.2, -0.15) is 0 Å². The van der Waals surface area contributed by atoms with Gasteiger partial charge in [0.25, 0.3) is 0 Å². The number of ether oxygens (including phenoxy) is 2. The van der Waals surface area contributed by atoms with Crippen molar-refractivity contribution in [3.05, 3.63) is 70.8 Å². The molecule has 9 heteroatoms. The molecule has 0 aliphatic rings. The van der Waals surface area contributed by atoms with Crippen molar-refractivity contribution in [1.82, 2.24) is 10.2 Å². The topological polar surface area (TPSA) is 78.4 Å². The number of nitrogens with zero attached hydrogens (tertiary/aromatic N) is 2. The van der Waals surface area contributed by atoms with E-state index in [9.17, 15) is 9.59 Å². The second-order valence-corrected chi connectivity index (χ2v) is 9.67. The van der Waals surface area contributed by atoms with Crippen LogP contribution in [0, 0.1) is 0 Å². The standard InChI is InChI=1S/C22H22N2O4S3/c1-3-27-19(25)17-9-5-15(6-10-17)13-29-21-23-24-22(31-21)30-14-16-7-11-18(12-8-16)20(26)28-4-2/h5-12H,3-4,13-14H2,1-2H3. The maximum Gasteiger partial charge on any atom is 0.338 e. The summed E-state index contributed by atoms with van der Waals surface area (Å²) in [5.74, 6) is 0.890. The average molecular weight is 475 g/mol. The third kappa shape index (κ3) is 7.09. The molecule has 0 fully saturated rings. The first-order valence-corrected chi connectivity index (χ1v) is 12.5. The van der Waals surface area contributed by atoms with Crippen LogP contribution in [0.3, 0.4) is 0 Å². The molecule has 0 spiro atoms. The first kappa shape index (κ1) is 23.3. The van der Waals surface area contributed by atoms with Crippen LogP contribution in [0.2, 0.25) is 0 Å². The van der Waals surface area contributed by atoms with Crippen LogP contribution in [-0.4, -0.2) is 35.3 Å². The zero-order chi connectivity index (χ0) is 22.1. The molecule has 3 rings (SSSR count). The van der Waals surface area contributed by atoms with E-state index in [2.05, 4.69) is 10.2 Å². The molecule has 0 unspecified atom stereocenters. The minimum absolute atomic E-state index is 0.303. The number of rotatable bonds is 10. The van der Waals surface area contributed by atoms with Crippen LogP contribution in [-0.2, 0) is 21.0 Å². The van der Waals surface area contributed by atoms with Crippen LogP contribution in [0.15, 0.2) is 57.2 Å². The Morgan fingerprint density at radius 2 is 1.13 bits per heavy atom. The summed E-state index contributed by atoms with van der Waals surface area (Å²) in [5.41, 5.74) is 3.31. The van der Waals surface area contributed by atoms with E-state index in [1.807, 2.05) is 24.3 Å². The smallest absolute Gasteiger partial charge is 0.338 e. The summed E-state index contributed by atoms with van der Waals surface area (Å²) in [5, 5.41) is 8.49. The molecule has 162 valence electrons. The molecule has 0 bridgehead atoms. The molecule has 0 aliphatic carbocycles. The van der Waals surface area contributed by atoms with E-state index < -0.39 is 0 Å². The Morgan fingerprint density at radius 1 is 0.742 bits per heavy atom. The van der Waals surface area contributed by atoms with Gasteiger partial charge in [-0.1, -0.05) is 59.1 Å². The van der Waals surface area contributed by atoms with Crippen LogP contribution < -0.4 is 0 Å². The number of carbonyl (C=O) groups is 2. The Balaban J connectivity index is 1.47. The third-order valence-corrected chi connectivity index (χ3v) is 7.37. The molecule has 31 heavy (non-hydrogen) atoms. The van der Waals surface area contributed by atoms with E-state index in [0.717, 1.165) is 31.3 Å². The van der Waals surface area contributed by atoms with Gasteiger partial charge in [0.2, 0.25) is 0 Å². The van der Waals surface area contributed by atoms with Crippen LogP contribution >= 0.6 is 34.9 Å². The highest BCUT2D eigenvalue weighted by Crippen LogP contribution is 2.32. The number of thioether (sulfide) groups is 2. The van der Waals surface area contributed by atoms with Crippen molar-refractivity contribution in [2.75, 3.05) is 13.2 Å². The molecular formula is C22H22N2O4S3. The highest BCUT2D eigenvalue weighted by atomic mass is 32.2. The Hall–Kier alpha value is -2.36. The number of aromatic nitrogens is 2. The minimum Gasteiger partial charge on any atom is -0.462 e. The predicted molar refractivity (Wildman–Crippen MR) is 124 cm³/mol. The van der Waals surface area contributed by atoms with Gasteiger partial charge in [0.15, 0.2) is 8.68 Å². The fourth-order valence-electron chi connectivity index (χ4n) is 2.51. The number of benzene rings is 2. The van der Waals surface area contributed by atoms with E-state index in [1.54, 1.807) is 73.0 Å². The number of esters is 2. The van der Waals surface area contributed by atoms with Crippen LogP contribution in [0.4, 0.5) is 0 Å². The molecule has 0 amide bonds. The van der Waals surface area contributed by atoms with Gasteiger partial charge in [-0.25, -0.2) is 9.59 Å². The highest BCUT2D eigenvalue weighted by Gasteiger charge is 2.10. The maximum absolute atomic E-state index is 11.7. The zero-order valence-electron chi connectivity index (χ0n) is 17.2. The third-order valence-electron chi connectivity index (χ3n) is 4.04. The molecule has 0 saturated heterocycles. The monoisotopic (exact) mass is 474 g/mol. The minimum atomic E-state index is -0.303. The van der Waals surface area contributed by atoms with E-state index in [1.165, 1.54) is 0 Å².